The Balaban J connectivity index is 2.20. The smallest absolute Gasteiger partial charge is 0.318 e. The number of esters is 1. The number of benzene rings is 1. The molecule has 3 N–H and O–H groups in total. The van der Waals surface area contributed by atoms with Crippen LogP contribution in [0.1, 0.15) is 6.42 Å². The highest BCUT2D eigenvalue weighted by Gasteiger charge is 2.09. The average Bonchev–Trinajstić information content (AvgIpc) is 2.36. The first-order valence-electron chi connectivity index (χ1n) is 5.60. The Morgan fingerprint density at radius 3 is 2.70 bits per heavy atom. The van der Waals surface area contributed by atoms with Gasteiger partial charge in [-0.1, -0.05) is 22.0 Å². The summed E-state index contributed by atoms with van der Waals surface area (Å²) in [6.45, 7) is -0.439. The number of amides is 3. The summed E-state index contributed by atoms with van der Waals surface area (Å²) in [5.41, 5.74) is 4.72. The second kappa shape index (κ2) is 8.16. The molecule has 7 nitrogen and oxygen atoms in total. The van der Waals surface area contributed by atoms with E-state index in [1.54, 1.807) is 23.5 Å². The molecule has 0 aliphatic rings. The van der Waals surface area contributed by atoms with Crippen LogP contribution >= 0.6 is 15.9 Å². The summed E-state index contributed by atoms with van der Waals surface area (Å²) in [5, 5.41) is 1.77. The number of halogens is 1. The number of hydrogen-bond donors (Lipinski definition) is 2. The van der Waals surface area contributed by atoms with Crippen molar-refractivity contribution in [2.24, 2.45) is 5.73 Å². The summed E-state index contributed by atoms with van der Waals surface area (Å²) in [5.74, 6) is -0.781. The van der Waals surface area contributed by atoms with Gasteiger partial charge in [0.2, 0.25) is 0 Å². The second-order valence-corrected chi connectivity index (χ2v) is 4.54. The van der Waals surface area contributed by atoms with E-state index in [9.17, 15) is 14.4 Å². The van der Waals surface area contributed by atoms with Crippen molar-refractivity contribution in [2.75, 3.05) is 13.2 Å². The van der Waals surface area contributed by atoms with E-state index in [-0.39, 0.29) is 13.0 Å². The summed E-state index contributed by atoms with van der Waals surface area (Å²) < 4.78 is 10.8. The van der Waals surface area contributed by atoms with Gasteiger partial charge in [0.1, 0.15) is 5.75 Å². The summed E-state index contributed by atoms with van der Waals surface area (Å²) >= 11 is 3.29. The molecule has 108 valence electrons. The van der Waals surface area contributed by atoms with E-state index in [0.29, 0.717) is 5.75 Å². The van der Waals surface area contributed by atoms with Crippen molar-refractivity contribution in [3.05, 3.63) is 28.7 Å². The van der Waals surface area contributed by atoms with Gasteiger partial charge >= 0.3 is 12.0 Å². The van der Waals surface area contributed by atoms with E-state index in [4.69, 9.17) is 10.5 Å². The largest absolute Gasteiger partial charge is 0.493 e. The molecule has 20 heavy (non-hydrogen) atoms. The lowest BCUT2D eigenvalue weighted by molar-refractivity contribution is -0.148. The standard InChI is InChI=1S/C12H13BrN2O5/c13-8-2-1-3-9(6-8)19-5-4-11(17)20-7-10(16)15-12(14)18/h1-3,6H,4-5,7H2,(H3,14,15,16,18). The Kier molecular flexibility index (Phi) is 6.51. The van der Waals surface area contributed by atoms with Crippen molar-refractivity contribution in [1.29, 1.82) is 0 Å². The number of carbonyl (C=O) groups is 3. The highest BCUT2D eigenvalue weighted by Crippen LogP contribution is 2.17. The number of primary amides is 1. The molecule has 0 radical (unpaired) electrons. The Morgan fingerprint density at radius 1 is 1.30 bits per heavy atom. The first-order valence-corrected chi connectivity index (χ1v) is 6.40. The molecule has 0 spiro atoms. The number of nitrogens with one attached hydrogen (secondary N) is 1. The first kappa shape index (κ1) is 16.0. The molecule has 1 rings (SSSR count). The minimum atomic E-state index is -0.996. The molecule has 0 aliphatic heterocycles. The van der Waals surface area contributed by atoms with E-state index in [1.807, 2.05) is 6.07 Å². The van der Waals surface area contributed by atoms with Crippen LogP contribution in [0.25, 0.3) is 0 Å². The molecule has 0 heterocycles. The molecule has 0 atom stereocenters. The Bertz CT molecular complexity index is 506. The molecule has 3 amide bonds. The van der Waals surface area contributed by atoms with Crippen molar-refractivity contribution in [2.45, 2.75) is 6.42 Å². The van der Waals surface area contributed by atoms with Gasteiger partial charge in [-0.25, -0.2) is 4.79 Å². The fraction of sp³-hybridized carbons (Fsp3) is 0.250. The molecule has 0 unspecified atom stereocenters. The number of imide groups is 1. The Morgan fingerprint density at radius 2 is 2.05 bits per heavy atom. The van der Waals surface area contributed by atoms with Crippen LogP contribution in [0.4, 0.5) is 4.79 Å². The van der Waals surface area contributed by atoms with Gasteiger partial charge in [-0.15, -0.1) is 0 Å². The highest BCUT2D eigenvalue weighted by molar-refractivity contribution is 9.10. The highest BCUT2D eigenvalue weighted by atomic mass is 79.9. The van der Waals surface area contributed by atoms with Crippen molar-refractivity contribution < 1.29 is 23.9 Å². The van der Waals surface area contributed by atoms with E-state index < -0.39 is 24.5 Å². The van der Waals surface area contributed by atoms with Gasteiger partial charge in [0.05, 0.1) is 13.0 Å². The van der Waals surface area contributed by atoms with Gasteiger partial charge in [-0.3, -0.25) is 14.9 Å². The molecular weight excluding hydrogens is 332 g/mol. The minimum Gasteiger partial charge on any atom is -0.493 e. The van der Waals surface area contributed by atoms with Gasteiger partial charge in [0.15, 0.2) is 6.61 Å². The number of ether oxygens (including phenoxy) is 2. The summed E-state index contributed by atoms with van der Waals surface area (Å²) in [7, 11) is 0. The Labute approximate surface area is 123 Å². The molecule has 0 bridgehead atoms. The van der Waals surface area contributed by atoms with Crippen LogP contribution < -0.4 is 15.8 Å². The molecule has 1 aromatic carbocycles. The predicted octanol–water partition coefficient (Wildman–Crippen LogP) is 0.956. The van der Waals surface area contributed by atoms with Crippen LogP contribution in [-0.4, -0.2) is 31.1 Å². The predicted molar refractivity (Wildman–Crippen MR) is 72.9 cm³/mol. The van der Waals surface area contributed by atoms with Crippen LogP contribution in [0.2, 0.25) is 0 Å². The molecular formula is C12H13BrN2O5. The number of hydrogen-bond acceptors (Lipinski definition) is 5. The molecule has 0 aliphatic carbocycles. The number of rotatable bonds is 6. The maximum absolute atomic E-state index is 11.3. The third-order valence-electron chi connectivity index (χ3n) is 2.00. The molecule has 0 saturated carbocycles. The van der Waals surface area contributed by atoms with Gasteiger partial charge in [-0.2, -0.15) is 0 Å². The van der Waals surface area contributed by atoms with E-state index in [1.165, 1.54) is 0 Å². The summed E-state index contributed by atoms with van der Waals surface area (Å²) in [6.07, 6.45) is -0.0175. The maximum atomic E-state index is 11.3. The zero-order valence-electron chi connectivity index (χ0n) is 10.4. The van der Waals surface area contributed by atoms with E-state index >= 15 is 0 Å². The summed E-state index contributed by atoms with van der Waals surface area (Å²) in [4.78, 5) is 32.6. The van der Waals surface area contributed by atoms with Crippen LogP contribution in [0, 0.1) is 0 Å². The minimum absolute atomic E-state index is 0.0175. The number of carbonyl (C=O) groups excluding carboxylic acids is 3. The second-order valence-electron chi connectivity index (χ2n) is 3.63. The molecule has 0 fully saturated rings. The number of urea groups is 1. The maximum Gasteiger partial charge on any atom is 0.318 e. The van der Waals surface area contributed by atoms with Crippen molar-refractivity contribution in [1.82, 2.24) is 5.32 Å². The van der Waals surface area contributed by atoms with Gasteiger partial charge in [0.25, 0.3) is 5.91 Å². The Hall–Kier alpha value is -2.09. The zero-order chi connectivity index (χ0) is 15.0. The van der Waals surface area contributed by atoms with Crippen LogP contribution in [-0.2, 0) is 14.3 Å². The van der Waals surface area contributed by atoms with Gasteiger partial charge in [-0.05, 0) is 18.2 Å². The first-order chi connectivity index (χ1) is 9.47. The topological polar surface area (TPSA) is 108 Å². The fourth-order valence-corrected chi connectivity index (χ4v) is 1.58. The lowest BCUT2D eigenvalue weighted by atomic mass is 10.3. The SMILES string of the molecule is NC(=O)NC(=O)COC(=O)CCOc1cccc(Br)c1. The molecule has 0 aromatic heterocycles. The lowest BCUT2D eigenvalue weighted by Crippen LogP contribution is -2.37. The molecule has 0 saturated heterocycles. The fourth-order valence-electron chi connectivity index (χ4n) is 1.20. The van der Waals surface area contributed by atoms with E-state index in [0.717, 1.165) is 4.47 Å². The van der Waals surface area contributed by atoms with Gasteiger partial charge in [0, 0.05) is 4.47 Å². The zero-order valence-corrected chi connectivity index (χ0v) is 12.0. The molecule has 8 heteroatoms. The number of nitrogens with two attached hydrogens (primary N) is 1. The monoisotopic (exact) mass is 344 g/mol. The van der Waals surface area contributed by atoms with Crippen LogP contribution in [0.15, 0.2) is 28.7 Å². The van der Waals surface area contributed by atoms with Crippen LogP contribution in [0.3, 0.4) is 0 Å². The normalized spacial score (nSPS) is 9.65. The van der Waals surface area contributed by atoms with Crippen LogP contribution in [0.5, 0.6) is 5.75 Å². The van der Waals surface area contributed by atoms with Crippen molar-refractivity contribution in [3.63, 3.8) is 0 Å². The van der Waals surface area contributed by atoms with Crippen molar-refractivity contribution in [3.8, 4) is 5.75 Å². The van der Waals surface area contributed by atoms with Gasteiger partial charge < -0.3 is 15.2 Å². The molecule has 1 aromatic rings. The third-order valence-corrected chi connectivity index (χ3v) is 2.49. The van der Waals surface area contributed by atoms with Crippen molar-refractivity contribution >= 4 is 33.8 Å². The quantitative estimate of drug-likeness (QED) is 0.747. The average molecular weight is 345 g/mol. The van der Waals surface area contributed by atoms with E-state index in [2.05, 4.69) is 20.7 Å². The lowest BCUT2D eigenvalue weighted by Gasteiger charge is -2.07. The third kappa shape index (κ3) is 6.74. The summed E-state index contributed by atoms with van der Waals surface area (Å²) in [6, 6.07) is 6.15.